The van der Waals surface area contributed by atoms with E-state index in [0.29, 0.717) is 18.7 Å². The number of aliphatic imine (C=N–C) groups is 1. The molecule has 1 saturated heterocycles. The van der Waals surface area contributed by atoms with E-state index in [4.69, 9.17) is 9.73 Å². The van der Waals surface area contributed by atoms with Crippen LogP contribution in [0.4, 0.5) is 0 Å². The van der Waals surface area contributed by atoms with Gasteiger partial charge < -0.3 is 15.0 Å². The standard InChI is InChI=1S/C22H32N4O/c1-2-23-22(26-15-12-19(17-26)25-13-5-6-14-25)24-16-18-8-3-4-11-21(18)27-20-9-7-10-20/h3-6,8,11,19-20H,2,7,9-10,12-17H2,1H3,(H,23,24). The Hall–Kier alpha value is -2.01. The Bertz CT molecular complexity index is 675. The van der Waals surface area contributed by atoms with Crippen LogP contribution in [0.25, 0.3) is 0 Å². The summed E-state index contributed by atoms with van der Waals surface area (Å²) in [6.07, 6.45) is 9.83. The number of ether oxygens (including phenoxy) is 1. The molecule has 0 radical (unpaired) electrons. The summed E-state index contributed by atoms with van der Waals surface area (Å²) in [5.41, 5.74) is 1.18. The molecule has 2 aliphatic heterocycles. The first-order valence-corrected chi connectivity index (χ1v) is 10.5. The normalized spacial score (nSPS) is 23.7. The fraction of sp³-hybridized carbons (Fsp3) is 0.591. The van der Waals surface area contributed by atoms with E-state index in [0.717, 1.165) is 44.4 Å². The molecule has 0 bridgehead atoms. The van der Waals surface area contributed by atoms with E-state index in [9.17, 15) is 0 Å². The van der Waals surface area contributed by atoms with E-state index >= 15 is 0 Å². The minimum atomic E-state index is 0.400. The molecule has 5 heteroatoms. The highest BCUT2D eigenvalue weighted by Gasteiger charge is 2.29. The third-order valence-corrected chi connectivity index (χ3v) is 5.88. The van der Waals surface area contributed by atoms with Crippen molar-refractivity contribution in [2.24, 2.45) is 4.99 Å². The van der Waals surface area contributed by atoms with Gasteiger partial charge in [0.2, 0.25) is 0 Å². The van der Waals surface area contributed by atoms with Gasteiger partial charge in [0.05, 0.1) is 12.6 Å². The first-order valence-electron chi connectivity index (χ1n) is 10.5. The fourth-order valence-electron chi connectivity index (χ4n) is 4.03. The number of hydrogen-bond acceptors (Lipinski definition) is 3. The van der Waals surface area contributed by atoms with Gasteiger partial charge >= 0.3 is 0 Å². The lowest BCUT2D eigenvalue weighted by Gasteiger charge is -2.27. The molecule has 0 amide bonds. The Morgan fingerprint density at radius 3 is 2.74 bits per heavy atom. The average Bonchev–Trinajstić information content (AvgIpc) is 3.34. The molecule has 1 aromatic rings. The fourth-order valence-corrected chi connectivity index (χ4v) is 4.03. The summed E-state index contributed by atoms with van der Waals surface area (Å²) in [4.78, 5) is 9.94. The zero-order chi connectivity index (χ0) is 18.5. The van der Waals surface area contributed by atoms with Crippen LogP contribution in [0, 0.1) is 0 Å². The molecule has 0 aromatic heterocycles. The van der Waals surface area contributed by atoms with Gasteiger partial charge in [-0.2, -0.15) is 0 Å². The summed E-state index contributed by atoms with van der Waals surface area (Å²) in [5, 5.41) is 3.49. The highest BCUT2D eigenvalue weighted by atomic mass is 16.5. The summed E-state index contributed by atoms with van der Waals surface area (Å²) in [7, 11) is 0. The maximum Gasteiger partial charge on any atom is 0.194 e. The molecule has 1 saturated carbocycles. The summed E-state index contributed by atoms with van der Waals surface area (Å²) < 4.78 is 6.17. The van der Waals surface area contributed by atoms with Crippen LogP contribution in [0.3, 0.4) is 0 Å². The van der Waals surface area contributed by atoms with Gasteiger partial charge in [-0.15, -0.1) is 0 Å². The van der Waals surface area contributed by atoms with Gasteiger partial charge in [-0.1, -0.05) is 30.4 Å². The summed E-state index contributed by atoms with van der Waals surface area (Å²) in [6.45, 7) is 8.03. The molecule has 1 N–H and O–H groups in total. The number of rotatable bonds is 6. The third kappa shape index (κ3) is 4.46. The average molecular weight is 369 g/mol. The smallest absolute Gasteiger partial charge is 0.194 e. The predicted octanol–water partition coefficient (Wildman–Crippen LogP) is 3.03. The van der Waals surface area contributed by atoms with E-state index in [2.05, 4.69) is 58.5 Å². The van der Waals surface area contributed by atoms with Crippen molar-refractivity contribution in [1.29, 1.82) is 0 Å². The van der Waals surface area contributed by atoms with Crippen molar-refractivity contribution < 1.29 is 4.74 Å². The molecule has 1 aromatic carbocycles. The topological polar surface area (TPSA) is 40.1 Å². The zero-order valence-electron chi connectivity index (χ0n) is 16.4. The van der Waals surface area contributed by atoms with Crippen LogP contribution < -0.4 is 10.1 Å². The Labute approximate surface area is 163 Å². The summed E-state index contributed by atoms with van der Waals surface area (Å²) >= 11 is 0. The minimum absolute atomic E-state index is 0.400. The van der Waals surface area contributed by atoms with Gasteiger partial charge in [0.15, 0.2) is 5.96 Å². The van der Waals surface area contributed by atoms with Crippen LogP contribution in [-0.2, 0) is 6.54 Å². The summed E-state index contributed by atoms with van der Waals surface area (Å²) in [5.74, 6) is 2.04. The van der Waals surface area contributed by atoms with Crippen LogP contribution in [-0.4, -0.2) is 60.6 Å². The van der Waals surface area contributed by atoms with Crippen LogP contribution in [0.15, 0.2) is 41.4 Å². The molecule has 1 atom stereocenters. The molecule has 27 heavy (non-hydrogen) atoms. The molecular formula is C22H32N4O. The second-order valence-electron chi connectivity index (χ2n) is 7.76. The van der Waals surface area contributed by atoms with Crippen LogP contribution in [0.1, 0.15) is 38.2 Å². The molecule has 1 aliphatic carbocycles. The van der Waals surface area contributed by atoms with Crippen molar-refractivity contribution in [1.82, 2.24) is 15.1 Å². The third-order valence-electron chi connectivity index (χ3n) is 5.88. The van der Waals surface area contributed by atoms with E-state index in [-0.39, 0.29) is 0 Å². The maximum atomic E-state index is 6.17. The lowest BCUT2D eigenvalue weighted by atomic mass is 9.96. The quantitative estimate of drug-likeness (QED) is 0.476. The van der Waals surface area contributed by atoms with Gasteiger partial charge in [0.1, 0.15) is 5.75 Å². The molecule has 146 valence electrons. The van der Waals surface area contributed by atoms with E-state index in [1.807, 2.05) is 0 Å². The van der Waals surface area contributed by atoms with Gasteiger partial charge in [-0.25, -0.2) is 4.99 Å². The molecule has 4 rings (SSSR count). The highest BCUT2D eigenvalue weighted by Crippen LogP contribution is 2.28. The number of nitrogens with one attached hydrogen (secondary N) is 1. The Morgan fingerprint density at radius 2 is 2.00 bits per heavy atom. The SMILES string of the molecule is CCNC(=NCc1ccccc1OC1CCC1)N1CCC(N2CC=CC2)C1. The lowest BCUT2D eigenvalue weighted by molar-refractivity contribution is 0.119. The zero-order valence-corrected chi connectivity index (χ0v) is 16.4. The lowest BCUT2D eigenvalue weighted by Crippen LogP contribution is -2.42. The van der Waals surface area contributed by atoms with Crippen molar-refractivity contribution in [2.75, 3.05) is 32.7 Å². The highest BCUT2D eigenvalue weighted by molar-refractivity contribution is 5.80. The molecule has 0 spiro atoms. The largest absolute Gasteiger partial charge is 0.490 e. The minimum Gasteiger partial charge on any atom is -0.490 e. The number of hydrogen-bond donors (Lipinski definition) is 1. The van der Waals surface area contributed by atoms with Crippen LogP contribution in [0.2, 0.25) is 0 Å². The number of guanidine groups is 1. The van der Waals surface area contributed by atoms with Gasteiger partial charge in [0.25, 0.3) is 0 Å². The predicted molar refractivity (Wildman–Crippen MR) is 110 cm³/mol. The van der Waals surface area contributed by atoms with Gasteiger partial charge in [-0.05, 0) is 38.7 Å². The van der Waals surface area contributed by atoms with Crippen molar-refractivity contribution in [2.45, 2.75) is 51.3 Å². The van der Waals surface area contributed by atoms with Crippen LogP contribution >= 0.6 is 0 Å². The first kappa shape index (κ1) is 18.4. The van der Waals surface area contributed by atoms with Gasteiger partial charge in [-0.3, -0.25) is 4.90 Å². The van der Waals surface area contributed by atoms with Crippen molar-refractivity contribution in [3.8, 4) is 5.75 Å². The first-order chi connectivity index (χ1) is 13.3. The Kier molecular flexibility index (Phi) is 5.97. The molecule has 1 unspecified atom stereocenters. The van der Waals surface area contributed by atoms with E-state index in [1.165, 1.54) is 31.2 Å². The number of benzene rings is 1. The van der Waals surface area contributed by atoms with Crippen molar-refractivity contribution >= 4 is 5.96 Å². The Morgan fingerprint density at radius 1 is 1.19 bits per heavy atom. The van der Waals surface area contributed by atoms with Gasteiger partial charge in [0, 0.05) is 44.3 Å². The monoisotopic (exact) mass is 368 g/mol. The molecule has 2 heterocycles. The Balaban J connectivity index is 1.41. The van der Waals surface area contributed by atoms with Crippen molar-refractivity contribution in [3.63, 3.8) is 0 Å². The van der Waals surface area contributed by atoms with E-state index < -0.39 is 0 Å². The molecular weight excluding hydrogens is 336 g/mol. The molecule has 2 fully saturated rings. The second-order valence-corrected chi connectivity index (χ2v) is 7.76. The van der Waals surface area contributed by atoms with Crippen molar-refractivity contribution in [3.05, 3.63) is 42.0 Å². The molecule has 3 aliphatic rings. The van der Waals surface area contributed by atoms with Crippen LogP contribution in [0.5, 0.6) is 5.75 Å². The number of para-hydroxylation sites is 1. The number of nitrogens with zero attached hydrogens (tertiary/aromatic N) is 3. The molecule has 5 nitrogen and oxygen atoms in total. The van der Waals surface area contributed by atoms with E-state index in [1.54, 1.807) is 0 Å². The number of likely N-dealkylation sites (tertiary alicyclic amines) is 1. The maximum absolute atomic E-state index is 6.17. The second kappa shape index (κ2) is 8.79. The summed E-state index contributed by atoms with van der Waals surface area (Å²) in [6, 6.07) is 9.00.